The summed E-state index contributed by atoms with van der Waals surface area (Å²) in [6.07, 6.45) is 0.266. The number of para-hydroxylation sites is 1. The summed E-state index contributed by atoms with van der Waals surface area (Å²) in [6, 6.07) is 14.9. The third-order valence-electron chi connectivity index (χ3n) is 2.78. The zero-order valence-electron chi connectivity index (χ0n) is 10.8. The van der Waals surface area contributed by atoms with Crippen LogP contribution in [0, 0.1) is 0 Å². The van der Waals surface area contributed by atoms with Crippen LogP contribution in [0.25, 0.3) is 0 Å². The molecule has 1 amide bonds. The number of nitrogens with one attached hydrogen (secondary N) is 1. The van der Waals surface area contributed by atoms with Crippen molar-refractivity contribution in [2.24, 2.45) is 5.84 Å². The van der Waals surface area contributed by atoms with Crippen LogP contribution in [0.4, 0.5) is 0 Å². The molecule has 0 radical (unpaired) electrons. The van der Waals surface area contributed by atoms with Crippen molar-refractivity contribution in [1.29, 1.82) is 0 Å². The number of carbonyl (C=O) groups excluding carboxylic acids is 1. The normalized spacial score (nSPS) is 10.1. The molecule has 104 valence electrons. The Labute approximate surface area is 122 Å². The van der Waals surface area contributed by atoms with Crippen molar-refractivity contribution in [3.05, 3.63) is 64.7 Å². The second kappa shape index (κ2) is 6.93. The van der Waals surface area contributed by atoms with Crippen molar-refractivity contribution >= 4 is 17.5 Å². The van der Waals surface area contributed by atoms with E-state index < -0.39 is 0 Å². The molecule has 2 rings (SSSR count). The lowest BCUT2D eigenvalue weighted by Gasteiger charge is -2.08. The summed E-state index contributed by atoms with van der Waals surface area (Å²) in [6.45, 7) is 0.424. The number of amides is 1. The van der Waals surface area contributed by atoms with Gasteiger partial charge in [0, 0.05) is 0 Å². The Kier molecular flexibility index (Phi) is 4.98. The van der Waals surface area contributed by atoms with Gasteiger partial charge in [-0.2, -0.15) is 0 Å². The first kappa shape index (κ1) is 14.4. The first-order valence-corrected chi connectivity index (χ1v) is 6.51. The first-order chi connectivity index (χ1) is 9.69. The van der Waals surface area contributed by atoms with Gasteiger partial charge in [0.2, 0.25) is 5.91 Å². The number of hydrogen-bond donors (Lipinski definition) is 2. The lowest BCUT2D eigenvalue weighted by atomic mass is 10.1. The second-order valence-corrected chi connectivity index (χ2v) is 4.69. The highest BCUT2D eigenvalue weighted by atomic mass is 35.5. The molecule has 3 N–H and O–H groups in total. The van der Waals surface area contributed by atoms with Crippen LogP contribution in [0.2, 0.25) is 5.02 Å². The summed E-state index contributed by atoms with van der Waals surface area (Å²) in [5.74, 6) is 5.48. The molecule has 0 fully saturated rings. The van der Waals surface area contributed by atoms with Gasteiger partial charge in [-0.15, -0.1) is 0 Å². The fraction of sp³-hybridized carbons (Fsp3) is 0.133. The molecule has 5 heteroatoms. The van der Waals surface area contributed by atoms with Crippen molar-refractivity contribution in [3.63, 3.8) is 0 Å². The lowest BCUT2D eigenvalue weighted by Crippen LogP contribution is -2.31. The van der Waals surface area contributed by atoms with E-state index in [1.165, 1.54) is 0 Å². The summed E-state index contributed by atoms with van der Waals surface area (Å²) in [5.41, 5.74) is 4.00. The lowest BCUT2D eigenvalue weighted by molar-refractivity contribution is -0.120. The smallest absolute Gasteiger partial charge is 0.238 e. The zero-order chi connectivity index (χ0) is 14.4. The number of halogens is 1. The Morgan fingerprint density at radius 1 is 1.10 bits per heavy atom. The molecule has 0 aromatic heterocycles. The van der Waals surface area contributed by atoms with E-state index in [2.05, 4.69) is 5.43 Å². The minimum atomic E-state index is -0.218. The molecular weight excluding hydrogens is 276 g/mol. The van der Waals surface area contributed by atoms with Gasteiger partial charge in [0.05, 0.1) is 11.4 Å². The predicted octanol–water partition coefficient (Wildman–Crippen LogP) is 2.45. The van der Waals surface area contributed by atoms with Gasteiger partial charge in [-0.3, -0.25) is 10.2 Å². The molecule has 0 spiro atoms. The zero-order valence-corrected chi connectivity index (χ0v) is 11.6. The largest absolute Gasteiger partial charge is 0.487 e. The molecule has 0 aliphatic heterocycles. The molecule has 0 saturated carbocycles. The Morgan fingerprint density at radius 2 is 1.75 bits per heavy atom. The number of nitrogens with two attached hydrogens (primary N) is 1. The van der Waals surface area contributed by atoms with Crippen LogP contribution < -0.4 is 16.0 Å². The standard InChI is InChI=1S/C15H15ClN2O2/c16-13-3-1-2-4-14(13)20-10-12-7-5-11(6-8-12)9-15(19)18-17/h1-8H,9-10,17H2,(H,18,19). The van der Waals surface area contributed by atoms with Gasteiger partial charge in [0.15, 0.2) is 0 Å². The summed E-state index contributed by atoms with van der Waals surface area (Å²) in [7, 11) is 0. The van der Waals surface area contributed by atoms with Gasteiger partial charge in [-0.25, -0.2) is 5.84 Å². The fourth-order valence-electron chi connectivity index (χ4n) is 1.71. The number of hydrazine groups is 1. The minimum Gasteiger partial charge on any atom is -0.487 e. The molecule has 2 aromatic rings. The van der Waals surface area contributed by atoms with Crippen LogP contribution in [0.3, 0.4) is 0 Å². The van der Waals surface area contributed by atoms with Gasteiger partial charge in [0.25, 0.3) is 0 Å². The first-order valence-electron chi connectivity index (χ1n) is 6.13. The van der Waals surface area contributed by atoms with Crippen molar-refractivity contribution in [3.8, 4) is 5.75 Å². The van der Waals surface area contributed by atoms with E-state index in [-0.39, 0.29) is 12.3 Å². The average Bonchev–Trinajstić information content (AvgIpc) is 2.48. The van der Waals surface area contributed by atoms with E-state index in [0.717, 1.165) is 11.1 Å². The van der Waals surface area contributed by atoms with Crippen molar-refractivity contribution in [2.75, 3.05) is 0 Å². The maximum Gasteiger partial charge on any atom is 0.238 e. The van der Waals surface area contributed by atoms with E-state index in [4.69, 9.17) is 22.2 Å². The van der Waals surface area contributed by atoms with Crippen molar-refractivity contribution < 1.29 is 9.53 Å². The highest BCUT2D eigenvalue weighted by Gasteiger charge is 2.03. The van der Waals surface area contributed by atoms with Gasteiger partial charge >= 0.3 is 0 Å². The maximum absolute atomic E-state index is 11.1. The van der Waals surface area contributed by atoms with Crippen LogP contribution in [0.15, 0.2) is 48.5 Å². The van der Waals surface area contributed by atoms with E-state index in [9.17, 15) is 4.79 Å². The van der Waals surface area contributed by atoms with Crippen LogP contribution in [-0.2, 0) is 17.8 Å². The predicted molar refractivity (Wildman–Crippen MR) is 78.3 cm³/mol. The highest BCUT2D eigenvalue weighted by molar-refractivity contribution is 6.32. The quantitative estimate of drug-likeness (QED) is 0.505. The average molecular weight is 291 g/mol. The Bertz CT molecular complexity index is 585. The summed E-state index contributed by atoms with van der Waals surface area (Å²) >= 11 is 6.01. The van der Waals surface area contributed by atoms with E-state index in [1.807, 2.05) is 42.5 Å². The van der Waals surface area contributed by atoms with Crippen LogP contribution >= 0.6 is 11.6 Å². The van der Waals surface area contributed by atoms with E-state index in [1.54, 1.807) is 6.07 Å². The molecule has 0 bridgehead atoms. The van der Waals surface area contributed by atoms with Crippen LogP contribution in [0.1, 0.15) is 11.1 Å². The van der Waals surface area contributed by atoms with Gasteiger partial charge in [-0.05, 0) is 23.3 Å². The number of hydrogen-bond acceptors (Lipinski definition) is 3. The highest BCUT2D eigenvalue weighted by Crippen LogP contribution is 2.24. The molecular formula is C15H15ClN2O2. The van der Waals surface area contributed by atoms with Crippen molar-refractivity contribution in [1.82, 2.24) is 5.43 Å². The number of rotatable bonds is 5. The summed E-state index contributed by atoms with van der Waals surface area (Å²) in [5, 5.41) is 0.587. The molecule has 0 unspecified atom stereocenters. The van der Waals surface area contributed by atoms with Crippen LogP contribution in [0.5, 0.6) is 5.75 Å². The summed E-state index contributed by atoms with van der Waals surface area (Å²) in [4.78, 5) is 11.1. The van der Waals surface area contributed by atoms with E-state index in [0.29, 0.717) is 17.4 Å². The van der Waals surface area contributed by atoms with Crippen molar-refractivity contribution in [2.45, 2.75) is 13.0 Å². The van der Waals surface area contributed by atoms with Gasteiger partial charge < -0.3 is 4.74 Å². The number of benzene rings is 2. The topological polar surface area (TPSA) is 64.3 Å². The third-order valence-corrected chi connectivity index (χ3v) is 3.09. The summed E-state index contributed by atoms with van der Waals surface area (Å²) < 4.78 is 5.63. The molecule has 0 heterocycles. The SMILES string of the molecule is NNC(=O)Cc1ccc(COc2ccccc2Cl)cc1. The molecule has 4 nitrogen and oxygen atoms in total. The molecule has 2 aromatic carbocycles. The third kappa shape index (κ3) is 3.98. The monoisotopic (exact) mass is 290 g/mol. The van der Waals surface area contributed by atoms with Gasteiger partial charge in [-0.1, -0.05) is 48.0 Å². The molecule has 0 atom stereocenters. The Balaban J connectivity index is 1.94. The molecule has 0 saturated heterocycles. The number of ether oxygens (including phenoxy) is 1. The number of carbonyl (C=O) groups is 1. The maximum atomic E-state index is 11.1. The van der Waals surface area contributed by atoms with Crippen LogP contribution in [-0.4, -0.2) is 5.91 Å². The molecule has 20 heavy (non-hydrogen) atoms. The second-order valence-electron chi connectivity index (χ2n) is 4.28. The Hall–Kier alpha value is -2.04. The molecule has 0 aliphatic rings. The fourth-order valence-corrected chi connectivity index (χ4v) is 1.90. The Morgan fingerprint density at radius 3 is 2.40 bits per heavy atom. The van der Waals surface area contributed by atoms with Gasteiger partial charge in [0.1, 0.15) is 12.4 Å². The minimum absolute atomic E-state index is 0.218. The molecule has 0 aliphatic carbocycles. The van der Waals surface area contributed by atoms with E-state index >= 15 is 0 Å².